The zero-order chi connectivity index (χ0) is 22.7. The number of hydrogen-bond acceptors (Lipinski definition) is 6. The summed E-state index contributed by atoms with van der Waals surface area (Å²) in [4.78, 5) is 26.9. The molecule has 1 amide bonds. The molecule has 2 aromatic rings. The van der Waals surface area contributed by atoms with Crippen LogP contribution in [0.15, 0.2) is 32.3 Å². The van der Waals surface area contributed by atoms with Gasteiger partial charge >= 0.3 is 5.76 Å². The molecule has 176 valence electrons. The number of nitrogens with one attached hydrogen (secondary N) is 1. The summed E-state index contributed by atoms with van der Waals surface area (Å²) in [5.74, 6) is -0.977. The maximum Gasteiger partial charge on any atom is 0.419 e. The van der Waals surface area contributed by atoms with E-state index in [9.17, 15) is 18.0 Å². The second kappa shape index (κ2) is 9.76. The van der Waals surface area contributed by atoms with Crippen molar-refractivity contribution in [1.29, 1.82) is 0 Å². The lowest BCUT2D eigenvalue weighted by Gasteiger charge is -2.31. The summed E-state index contributed by atoms with van der Waals surface area (Å²) in [6.45, 7) is 4.12. The Morgan fingerprint density at radius 1 is 1.12 bits per heavy atom. The van der Waals surface area contributed by atoms with Gasteiger partial charge < -0.3 is 14.6 Å². The molecule has 3 heterocycles. The molecule has 2 fully saturated rings. The van der Waals surface area contributed by atoms with Gasteiger partial charge in [0, 0.05) is 39.3 Å². The van der Waals surface area contributed by atoms with E-state index in [-0.39, 0.29) is 28.8 Å². The highest BCUT2D eigenvalue weighted by atomic mass is 32.2. The number of likely N-dealkylation sites (tertiary alicyclic amines) is 1. The lowest BCUT2D eigenvalue weighted by Crippen LogP contribution is -2.46. The van der Waals surface area contributed by atoms with E-state index in [1.807, 2.05) is 0 Å². The quantitative estimate of drug-likeness (QED) is 0.695. The van der Waals surface area contributed by atoms with E-state index < -0.39 is 15.8 Å². The van der Waals surface area contributed by atoms with Crippen LogP contribution in [0.2, 0.25) is 0 Å². The second-order valence-electron chi connectivity index (χ2n) is 8.81. The van der Waals surface area contributed by atoms with Gasteiger partial charge in [0.25, 0.3) is 0 Å². The van der Waals surface area contributed by atoms with E-state index in [1.165, 1.54) is 46.7 Å². The highest BCUT2D eigenvalue weighted by molar-refractivity contribution is 7.89. The fraction of sp³-hybridized carbons (Fsp3) is 0.636. The number of hydrogen-bond donors (Lipinski definition) is 1. The standard InChI is InChI=1S/C22H32N4O5S/c1-24-19-9-8-18(15-20(19)31-22(24)28)32(29,30)26-13-6-7-17(16-26)21(27)23-10-14-25-11-4-2-3-5-12-25/h8-9,15,17H,2-7,10-14,16H2,1H3,(H,23,27). The average molecular weight is 465 g/mol. The highest BCUT2D eigenvalue weighted by Crippen LogP contribution is 2.26. The van der Waals surface area contributed by atoms with Crippen LogP contribution in [0, 0.1) is 5.92 Å². The Morgan fingerprint density at radius 3 is 2.62 bits per heavy atom. The molecule has 2 aliphatic heterocycles. The molecule has 1 aromatic carbocycles. The molecule has 0 aliphatic carbocycles. The number of oxazole rings is 1. The van der Waals surface area contributed by atoms with Crippen LogP contribution in [-0.2, 0) is 21.9 Å². The Hall–Kier alpha value is -2.17. The minimum atomic E-state index is -3.79. The van der Waals surface area contributed by atoms with Gasteiger partial charge in [-0.3, -0.25) is 9.36 Å². The Balaban J connectivity index is 1.38. The number of carbonyl (C=O) groups excluding carboxylic acids is 1. The van der Waals surface area contributed by atoms with Gasteiger partial charge in [-0.05, 0) is 50.9 Å². The number of benzene rings is 1. The van der Waals surface area contributed by atoms with Crippen LogP contribution < -0.4 is 11.1 Å². The van der Waals surface area contributed by atoms with Crippen molar-refractivity contribution < 1.29 is 17.6 Å². The van der Waals surface area contributed by atoms with E-state index in [4.69, 9.17) is 4.42 Å². The van der Waals surface area contributed by atoms with E-state index in [0.29, 0.717) is 31.4 Å². The first kappa shape index (κ1) is 23.0. The summed E-state index contributed by atoms with van der Waals surface area (Å²) in [5.41, 5.74) is 0.771. The molecule has 1 atom stereocenters. The smallest absolute Gasteiger partial charge is 0.408 e. The number of sulfonamides is 1. The predicted molar refractivity (Wildman–Crippen MR) is 121 cm³/mol. The van der Waals surface area contributed by atoms with Crippen molar-refractivity contribution in [2.75, 3.05) is 39.3 Å². The zero-order valence-electron chi connectivity index (χ0n) is 18.6. The third-order valence-corrected chi connectivity index (χ3v) is 8.44. The Labute approximate surface area is 188 Å². The number of rotatable bonds is 6. The minimum Gasteiger partial charge on any atom is -0.408 e. The number of aryl methyl sites for hydroxylation is 1. The number of aromatic nitrogens is 1. The van der Waals surface area contributed by atoms with Gasteiger partial charge in [-0.1, -0.05) is 12.8 Å². The van der Waals surface area contributed by atoms with Crippen molar-refractivity contribution in [2.24, 2.45) is 13.0 Å². The molecule has 4 rings (SSSR count). The van der Waals surface area contributed by atoms with Crippen LogP contribution in [0.25, 0.3) is 11.1 Å². The molecule has 1 aromatic heterocycles. The number of carbonyl (C=O) groups is 1. The SMILES string of the molecule is Cn1c(=O)oc2cc(S(=O)(=O)N3CCCC(C(=O)NCCN4CCCCCC4)C3)ccc21. The third-order valence-electron chi connectivity index (χ3n) is 6.58. The maximum atomic E-state index is 13.2. The van der Waals surface area contributed by atoms with Crippen molar-refractivity contribution >= 4 is 27.0 Å². The van der Waals surface area contributed by atoms with Gasteiger partial charge in [0.05, 0.1) is 16.3 Å². The first-order chi connectivity index (χ1) is 15.4. The summed E-state index contributed by atoms with van der Waals surface area (Å²) in [5, 5.41) is 3.01. The van der Waals surface area contributed by atoms with Gasteiger partial charge in [-0.25, -0.2) is 13.2 Å². The molecular weight excluding hydrogens is 432 g/mol. The topological polar surface area (TPSA) is 105 Å². The van der Waals surface area contributed by atoms with Crippen LogP contribution in [0.5, 0.6) is 0 Å². The highest BCUT2D eigenvalue weighted by Gasteiger charge is 2.33. The summed E-state index contributed by atoms with van der Waals surface area (Å²) in [7, 11) is -2.22. The van der Waals surface area contributed by atoms with Crippen molar-refractivity contribution in [2.45, 2.75) is 43.4 Å². The number of amides is 1. The van der Waals surface area contributed by atoms with Crippen LogP contribution >= 0.6 is 0 Å². The molecular formula is C22H32N4O5S. The first-order valence-corrected chi connectivity index (χ1v) is 12.9. The fourth-order valence-corrected chi connectivity index (χ4v) is 6.18. The predicted octanol–water partition coefficient (Wildman–Crippen LogP) is 1.52. The molecule has 9 nitrogen and oxygen atoms in total. The maximum absolute atomic E-state index is 13.2. The summed E-state index contributed by atoms with van der Waals surface area (Å²) in [6, 6.07) is 4.44. The van der Waals surface area contributed by atoms with Crippen molar-refractivity contribution in [3.8, 4) is 0 Å². The molecule has 2 aliphatic rings. The number of fused-ring (bicyclic) bond motifs is 1. The average Bonchev–Trinajstić information content (AvgIpc) is 2.95. The van der Waals surface area contributed by atoms with Gasteiger partial charge in [0.1, 0.15) is 0 Å². The van der Waals surface area contributed by atoms with Crippen LogP contribution in [0.4, 0.5) is 0 Å². The van der Waals surface area contributed by atoms with E-state index in [2.05, 4.69) is 10.2 Å². The molecule has 1 unspecified atom stereocenters. The molecule has 0 saturated carbocycles. The normalized spacial score (nSPS) is 21.5. The fourth-order valence-electron chi connectivity index (χ4n) is 4.64. The molecule has 0 bridgehead atoms. The summed E-state index contributed by atoms with van der Waals surface area (Å²) >= 11 is 0. The van der Waals surface area contributed by atoms with E-state index in [1.54, 1.807) is 13.1 Å². The third kappa shape index (κ3) is 4.92. The summed E-state index contributed by atoms with van der Waals surface area (Å²) < 4.78 is 34.3. The monoisotopic (exact) mass is 464 g/mol. The molecule has 0 radical (unpaired) electrons. The van der Waals surface area contributed by atoms with E-state index in [0.717, 1.165) is 19.6 Å². The van der Waals surface area contributed by atoms with Crippen molar-refractivity contribution in [3.63, 3.8) is 0 Å². The lowest BCUT2D eigenvalue weighted by atomic mass is 9.99. The molecule has 32 heavy (non-hydrogen) atoms. The lowest BCUT2D eigenvalue weighted by molar-refractivity contribution is -0.126. The largest absolute Gasteiger partial charge is 0.419 e. The zero-order valence-corrected chi connectivity index (χ0v) is 19.4. The number of nitrogens with zero attached hydrogens (tertiary/aromatic N) is 3. The van der Waals surface area contributed by atoms with Gasteiger partial charge in [-0.2, -0.15) is 4.31 Å². The van der Waals surface area contributed by atoms with Crippen molar-refractivity contribution in [1.82, 2.24) is 19.1 Å². The molecule has 2 saturated heterocycles. The molecule has 1 N–H and O–H groups in total. The van der Waals surface area contributed by atoms with Crippen LogP contribution in [-0.4, -0.2) is 67.4 Å². The Bertz CT molecular complexity index is 1120. The summed E-state index contributed by atoms with van der Waals surface area (Å²) in [6.07, 6.45) is 6.28. The molecule has 0 spiro atoms. The van der Waals surface area contributed by atoms with Gasteiger partial charge in [0.2, 0.25) is 15.9 Å². The second-order valence-corrected chi connectivity index (χ2v) is 10.7. The van der Waals surface area contributed by atoms with Crippen LogP contribution in [0.3, 0.4) is 0 Å². The Kier molecular flexibility index (Phi) is 7.02. The van der Waals surface area contributed by atoms with Crippen LogP contribution in [0.1, 0.15) is 38.5 Å². The number of piperidine rings is 1. The van der Waals surface area contributed by atoms with Crippen molar-refractivity contribution in [3.05, 3.63) is 28.7 Å². The first-order valence-electron chi connectivity index (χ1n) is 11.5. The Morgan fingerprint density at radius 2 is 1.88 bits per heavy atom. The van der Waals surface area contributed by atoms with Gasteiger partial charge in [0.15, 0.2) is 5.58 Å². The van der Waals surface area contributed by atoms with Gasteiger partial charge in [-0.15, -0.1) is 0 Å². The molecule has 10 heteroatoms. The minimum absolute atomic E-state index is 0.0709. The van der Waals surface area contributed by atoms with E-state index >= 15 is 0 Å².